The van der Waals surface area contributed by atoms with E-state index in [9.17, 15) is 40.5 Å². The molecule has 0 aromatic rings. The van der Waals surface area contributed by atoms with Gasteiger partial charge in [0.05, 0.1) is 25.4 Å². The smallest absolute Gasteiger partial charge is 0.305 e. The zero-order valence-corrected chi connectivity index (χ0v) is 23.1. The van der Waals surface area contributed by atoms with E-state index in [-0.39, 0.29) is 19.0 Å². The van der Waals surface area contributed by atoms with Crippen LogP contribution in [0.2, 0.25) is 0 Å². The van der Waals surface area contributed by atoms with Gasteiger partial charge in [0.15, 0.2) is 18.9 Å². The van der Waals surface area contributed by atoms with Gasteiger partial charge in [-0.1, -0.05) is 6.42 Å². The molecule has 0 aromatic heterocycles. The standard InChI is InChI=1S/C25H44O15/c1-10-14(27)17(30)20(33)23(36-10)39-22-19(32)16(29)12(3)38-25(22)40-21-18(31)15(28)11(2)37-24(21)35-9-7-5-6-8-13(26)34-4/h10-12,14-25,27-33H,5-9H2,1-4H3/t10?,11?,12?,14-,15-,16-,17+,18+,19+,20?,21?,22?,23-,24+,25-/m1/s1. The lowest BCUT2D eigenvalue weighted by Crippen LogP contribution is -2.65. The quantitative estimate of drug-likeness (QED) is 0.0967. The van der Waals surface area contributed by atoms with Crippen LogP contribution < -0.4 is 0 Å². The number of hydrogen-bond donors (Lipinski definition) is 7. The highest BCUT2D eigenvalue weighted by atomic mass is 16.8. The van der Waals surface area contributed by atoms with E-state index < -0.39 is 92.1 Å². The fraction of sp³-hybridized carbons (Fsp3) is 0.960. The summed E-state index contributed by atoms with van der Waals surface area (Å²) in [6, 6.07) is 0. The van der Waals surface area contributed by atoms with E-state index >= 15 is 0 Å². The molecular formula is C25H44O15. The number of rotatable bonds is 11. The lowest BCUT2D eigenvalue weighted by Gasteiger charge is -2.48. The highest BCUT2D eigenvalue weighted by molar-refractivity contribution is 5.68. The minimum atomic E-state index is -1.71. The number of esters is 1. The average molecular weight is 585 g/mol. The van der Waals surface area contributed by atoms with Gasteiger partial charge in [0.2, 0.25) is 0 Å². The first-order valence-electron chi connectivity index (χ1n) is 13.6. The summed E-state index contributed by atoms with van der Waals surface area (Å²) < 4.78 is 39.0. The number of ether oxygens (including phenoxy) is 7. The molecule has 3 aliphatic heterocycles. The molecule has 3 saturated heterocycles. The van der Waals surface area contributed by atoms with Gasteiger partial charge in [-0.05, 0) is 33.6 Å². The Labute approximate surface area is 232 Å². The van der Waals surface area contributed by atoms with Crippen molar-refractivity contribution in [3.63, 3.8) is 0 Å². The van der Waals surface area contributed by atoms with Gasteiger partial charge in [0.1, 0.15) is 54.9 Å². The second-order valence-corrected chi connectivity index (χ2v) is 10.5. The number of carbonyl (C=O) groups is 1. The fourth-order valence-corrected chi connectivity index (χ4v) is 4.82. The second kappa shape index (κ2) is 14.9. The second-order valence-electron chi connectivity index (χ2n) is 10.5. The van der Waals surface area contributed by atoms with Crippen LogP contribution in [-0.4, -0.2) is 148 Å². The third-order valence-electron chi connectivity index (χ3n) is 7.49. The summed E-state index contributed by atoms with van der Waals surface area (Å²) in [5.74, 6) is -0.312. The maximum atomic E-state index is 11.3. The van der Waals surface area contributed by atoms with Crippen LogP contribution in [0.1, 0.15) is 46.5 Å². The Morgan fingerprint density at radius 1 is 0.600 bits per heavy atom. The molecule has 7 N–H and O–H groups in total. The summed E-state index contributed by atoms with van der Waals surface area (Å²) in [5.41, 5.74) is 0. The molecule has 15 nitrogen and oxygen atoms in total. The van der Waals surface area contributed by atoms with E-state index in [0.717, 1.165) is 0 Å². The summed E-state index contributed by atoms with van der Waals surface area (Å²) in [6.45, 7) is 4.64. The van der Waals surface area contributed by atoms with Crippen LogP contribution in [0.15, 0.2) is 0 Å². The topological polar surface area (TPSA) is 223 Å². The molecule has 0 aromatic carbocycles. The molecule has 15 atom stereocenters. The Morgan fingerprint density at radius 3 is 1.65 bits per heavy atom. The lowest BCUT2D eigenvalue weighted by molar-refractivity contribution is -0.388. The van der Waals surface area contributed by atoms with Crippen molar-refractivity contribution < 1.29 is 73.7 Å². The molecule has 15 heteroatoms. The third-order valence-corrected chi connectivity index (χ3v) is 7.49. The van der Waals surface area contributed by atoms with Crippen molar-refractivity contribution >= 4 is 5.97 Å². The van der Waals surface area contributed by atoms with E-state index in [4.69, 9.17) is 28.4 Å². The van der Waals surface area contributed by atoms with Crippen LogP contribution in [-0.2, 0) is 38.0 Å². The Morgan fingerprint density at radius 2 is 1.07 bits per heavy atom. The molecular weight excluding hydrogens is 540 g/mol. The van der Waals surface area contributed by atoms with Crippen molar-refractivity contribution in [2.75, 3.05) is 13.7 Å². The van der Waals surface area contributed by atoms with Crippen molar-refractivity contribution in [2.45, 2.75) is 139 Å². The number of methoxy groups -OCH3 is 1. The van der Waals surface area contributed by atoms with Crippen molar-refractivity contribution in [1.29, 1.82) is 0 Å². The molecule has 40 heavy (non-hydrogen) atoms. The SMILES string of the molecule is COC(=O)CCCCCO[C@H]1OC(C)[C@@H](O)[C@H](O)C1O[C@H]1OC(C)[C@@H](O)[C@H](O)C1O[C@H]1OC(C)[C@@H](O)[C@H](O)C1O. The molecule has 0 aliphatic carbocycles. The third kappa shape index (κ3) is 7.86. The van der Waals surface area contributed by atoms with E-state index in [1.807, 2.05) is 0 Å². The van der Waals surface area contributed by atoms with Crippen LogP contribution in [0, 0.1) is 0 Å². The number of aliphatic hydroxyl groups is 7. The van der Waals surface area contributed by atoms with E-state index in [1.165, 1.54) is 21.0 Å². The van der Waals surface area contributed by atoms with Crippen molar-refractivity contribution in [1.82, 2.24) is 0 Å². The molecule has 0 amide bonds. The number of carbonyl (C=O) groups excluding carboxylic acids is 1. The van der Waals surface area contributed by atoms with Crippen LogP contribution >= 0.6 is 0 Å². The number of aliphatic hydroxyl groups excluding tert-OH is 7. The largest absolute Gasteiger partial charge is 0.469 e. The van der Waals surface area contributed by atoms with E-state index in [0.29, 0.717) is 19.3 Å². The number of unbranched alkanes of at least 4 members (excludes halogenated alkanes) is 2. The molecule has 6 unspecified atom stereocenters. The average Bonchev–Trinajstić information content (AvgIpc) is 2.93. The molecule has 0 spiro atoms. The summed E-state index contributed by atoms with van der Waals surface area (Å²) in [7, 11) is 1.32. The van der Waals surface area contributed by atoms with Gasteiger partial charge < -0.3 is 68.9 Å². The Balaban J connectivity index is 1.71. The maximum Gasteiger partial charge on any atom is 0.305 e. The molecule has 3 heterocycles. The molecule has 3 aliphatic rings. The number of hydrogen-bond acceptors (Lipinski definition) is 15. The summed E-state index contributed by atoms with van der Waals surface area (Å²) in [5, 5.41) is 73.1. The fourth-order valence-electron chi connectivity index (χ4n) is 4.82. The van der Waals surface area contributed by atoms with Gasteiger partial charge in [-0.15, -0.1) is 0 Å². The van der Waals surface area contributed by atoms with Crippen LogP contribution in [0.4, 0.5) is 0 Å². The predicted molar refractivity (Wildman–Crippen MR) is 131 cm³/mol. The Kier molecular flexibility index (Phi) is 12.5. The van der Waals surface area contributed by atoms with Gasteiger partial charge in [-0.2, -0.15) is 0 Å². The minimum Gasteiger partial charge on any atom is -0.469 e. The summed E-state index contributed by atoms with van der Waals surface area (Å²) in [6.07, 6.45) is -18.4. The monoisotopic (exact) mass is 584 g/mol. The normalized spacial score (nSPS) is 46.2. The highest BCUT2D eigenvalue weighted by Crippen LogP contribution is 2.33. The molecule has 3 fully saturated rings. The Hall–Kier alpha value is -1.05. The zero-order valence-electron chi connectivity index (χ0n) is 23.1. The Bertz CT molecular complexity index is 787. The van der Waals surface area contributed by atoms with Crippen molar-refractivity contribution in [3.05, 3.63) is 0 Å². The summed E-state index contributed by atoms with van der Waals surface area (Å²) >= 11 is 0. The van der Waals surface area contributed by atoms with Crippen LogP contribution in [0.3, 0.4) is 0 Å². The first kappa shape index (κ1) is 33.5. The van der Waals surface area contributed by atoms with Gasteiger partial charge in [-0.3, -0.25) is 4.79 Å². The van der Waals surface area contributed by atoms with Crippen molar-refractivity contribution in [2.24, 2.45) is 0 Å². The van der Waals surface area contributed by atoms with Crippen molar-refractivity contribution in [3.8, 4) is 0 Å². The first-order chi connectivity index (χ1) is 18.9. The predicted octanol–water partition coefficient (Wildman–Crippen LogP) is -2.73. The summed E-state index contributed by atoms with van der Waals surface area (Å²) in [4.78, 5) is 11.3. The lowest BCUT2D eigenvalue weighted by atomic mass is 9.97. The van der Waals surface area contributed by atoms with E-state index in [2.05, 4.69) is 4.74 Å². The van der Waals surface area contributed by atoms with Gasteiger partial charge in [-0.25, -0.2) is 0 Å². The van der Waals surface area contributed by atoms with Crippen LogP contribution in [0.5, 0.6) is 0 Å². The highest BCUT2D eigenvalue weighted by Gasteiger charge is 2.52. The van der Waals surface area contributed by atoms with Crippen LogP contribution in [0.25, 0.3) is 0 Å². The maximum absolute atomic E-state index is 11.3. The van der Waals surface area contributed by atoms with Gasteiger partial charge in [0, 0.05) is 13.0 Å². The van der Waals surface area contributed by atoms with Gasteiger partial charge in [0.25, 0.3) is 0 Å². The molecule has 3 rings (SSSR count). The van der Waals surface area contributed by atoms with Gasteiger partial charge >= 0.3 is 5.97 Å². The first-order valence-corrected chi connectivity index (χ1v) is 13.6. The zero-order chi connectivity index (χ0) is 29.7. The molecule has 0 saturated carbocycles. The molecule has 0 radical (unpaired) electrons. The minimum absolute atomic E-state index is 0.171. The molecule has 234 valence electrons. The van der Waals surface area contributed by atoms with E-state index in [1.54, 1.807) is 6.92 Å². The molecule has 0 bridgehead atoms.